The smallest absolute Gasteiger partial charge is 0.304 e. The number of rotatable bonds is 7. The maximum atomic E-state index is 10.7. The largest absolute Gasteiger partial charge is 0.481 e. The third kappa shape index (κ3) is 3.78. The van der Waals surface area contributed by atoms with Gasteiger partial charge in [-0.25, -0.2) is 0 Å². The Morgan fingerprint density at radius 1 is 1.50 bits per heavy atom. The molecule has 1 aliphatic carbocycles. The van der Waals surface area contributed by atoms with Gasteiger partial charge in [-0.15, -0.1) is 0 Å². The molecule has 0 bridgehead atoms. The van der Waals surface area contributed by atoms with E-state index in [9.17, 15) is 4.79 Å². The number of nitrogens with two attached hydrogens (primary N) is 1. The van der Waals surface area contributed by atoms with E-state index in [0.717, 1.165) is 12.3 Å². The van der Waals surface area contributed by atoms with E-state index in [2.05, 4.69) is 13.8 Å². The highest BCUT2D eigenvalue weighted by Crippen LogP contribution is 2.35. The van der Waals surface area contributed by atoms with Crippen LogP contribution >= 0.6 is 0 Å². The van der Waals surface area contributed by atoms with Crippen LogP contribution in [-0.4, -0.2) is 17.1 Å². The van der Waals surface area contributed by atoms with Gasteiger partial charge in [-0.1, -0.05) is 39.5 Å². The molecule has 3 unspecified atom stereocenters. The van der Waals surface area contributed by atoms with Gasteiger partial charge in [0.05, 0.1) is 6.42 Å². The van der Waals surface area contributed by atoms with Crippen LogP contribution in [0.15, 0.2) is 0 Å². The van der Waals surface area contributed by atoms with Crippen molar-refractivity contribution in [2.24, 2.45) is 23.5 Å². The summed E-state index contributed by atoms with van der Waals surface area (Å²) >= 11 is 0. The molecule has 0 amide bonds. The number of aliphatic carboxylic acids is 1. The molecule has 0 saturated heterocycles. The van der Waals surface area contributed by atoms with Crippen molar-refractivity contribution in [2.75, 3.05) is 0 Å². The van der Waals surface area contributed by atoms with Crippen molar-refractivity contribution >= 4 is 5.97 Å². The highest BCUT2D eigenvalue weighted by atomic mass is 16.4. The molecule has 1 fully saturated rings. The molecule has 3 nitrogen and oxygen atoms in total. The van der Waals surface area contributed by atoms with Crippen molar-refractivity contribution in [3.8, 4) is 0 Å². The zero-order valence-corrected chi connectivity index (χ0v) is 10.5. The van der Waals surface area contributed by atoms with Crippen LogP contribution < -0.4 is 5.73 Å². The molecule has 3 N–H and O–H groups in total. The first kappa shape index (κ1) is 13.5. The SMILES string of the molecule is CCC(C(C)CC1CCC1)C(N)CC(=O)O. The molecular weight excluding hydrogens is 202 g/mol. The fourth-order valence-electron chi connectivity index (χ4n) is 2.91. The van der Waals surface area contributed by atoms with Crippen molar-refractivity contribution in [3.05, 3.63) is 0 Å². The third-order valence-corrected chi connectivity index (χ3v) is 4.09. The lowest BCUT2D eigenvalue weighted by atomic mass is 9.73. The summed E-state index contributed by atoms with van der Waals surface area (Å²) in [6, 6.07) is -0.183. The fraction of sp³-hybridized carbons (Fsp3) is 0.923. The Hall–Kier alpha value is -0.570. The summed E-state index contributed by atoms with van der Waals surface area (Å²) < 4.78 is 0. The van der Waals surface area contributed by atoms with Crippen LogP contribution in [0, 0.1) is 17.8 Å². The number of carbonyl (C=O) groups is 1. The first-order valence-corrected chi connectivity index (χ1v) is 6.52. The summed E-state index contributed by atoms with van der Waals surface area (Å²) in [5.41, 5.74) is 5.98. The second kappa shape index (κ2) is 6.24. The Morgan fingerprint density at radius 3 is 2.50 bits per heavy atom. The predicted octanol–water partition coefficient (Wildman–Crippen LogP) is 2.64. The molecule has 1 aliphatic rings. The van der Waals surface area contributed by atoms with Gasteiger partial charge in [-0.2, -0.15) is 0 Å². The van der Waals surface area contributed by atoms with Crippen molar-refractivity contribution < 1.29 is 9.90 Å². The van der Waals surface area contributed by atoms with Crippen molar-refractivity contribution in [3.63, 3.8) is 0 Å². The zero-order valence-electron chi connectivity index (χ0n) is 10.5. The molecule has 0 heterocycles. The highest BCUT2D eigenvalue weighted by molar-refractivity contribution is 5.67. The topological polar surface area (TPSA) is 63.3 Å². The van der Waals surface area contributed by atoms with E-state index in [1.807, 2.05) is 0 Å². The van der Waals surface area contributed by atoms with Gasteiger partial charge in [0.1, 0.15) is 0 Å². The maximum absolute atomic E-state index is 10.7. The molecule has 16 heavy (non-hydrogen) atoms. The Kier molecular flexibility index (Phi) is 5.26. The van der Waals surface area contributed by atoms with Crippen molar-refractivity contribution in [2.45, 2.75) is 58.4 Å². The predicted molar refractivity (Wildman–Crippen MR) is 65.1 cm³/mol. The van der Waals surface area contributed by atoms with Gasteiger partial charge in [-0.3, -0.25) is 4.79 Å². The quantitative estimate of drug-likeness (QED) is 0.702. The third-order valence-electron chi connectivity index (χ3n) is 4.09. The number of hydrogen-bond acceptors (Lipinski definition) is 2. The first-order chi connectivity index (χ1) is 7.54. The van der Waals surface area contributed by atoms with E-state index in [4.69, 9.17) is 10.8 Å². The molecule has 1 rings (SSSR count). The van der Waals surface area contributed by atoms with Gasteiger partial charge in [0.2, 0.25) is 0 Å². The Morgan fingerprint density at radius 2 is 2.12 bits per heavy atom. The number of carboxylic acid groups (broad SMARTS) is 1. The molecule has 3 atom stereocenters. The van der Waals surface area contributed by atoms with Gasteiger partial charge in [-0.05, 0) is 24.2 Å². The Balaban J connectivity index is 2.40. The molecule has 3 heteroatoms. The van der Waals surface area contributed by atoms with Gasteiger partial charge >= 0.3 is 5.97 Å². The lowest BCUT2D eigenvalue weighted by Crippen LogP contribution is -2.37. The van der Waals surface area contributed by atoms with Crippen LogP contribution in [0.25, 0.3) is 0 Å². The molecule has 0 spiro atoms. The highest BCUT2D eigenvalue weighted by Gasteiger charge is 2.28. The molecule has 94 valence electrons. The monoisotopic (exact) mass is 227 g/mol. The van der Waals surface area contributed by atoms with Crippen LogP contribution in [0.5, 0.6) is 0 Å². The molecular formula is C13H25NO2. The first-order valence-electron chi connectivity index (χ1n) is 6.52. The van der Waals surface area contributed by atoms with Gasteiger partial charge in [0.25, 0.3) is 0 Å². The molecule has 0 radical (unpaired) electrons. The molecule has 0 aliphatic heterocycles. The summed E-state index contributed by atoms with van der Waals surface area (Å²) in [5.74, 6) is 1.02. The molecule has 1 saturated carbocycles. The average molecular weight is 227 g/mol. The Bertz CT molecular complexity index is 226. The van der Waals surface area contributed by atoms with E-state index < -0.39 is 5.97 Å². The second-order valence-electron chi connectivity index (χ2n) is 5.34. The molecule has 0 aromatic carbocycles. The summed E-state index contributed by atoms with van der Waals surface area (Å²) in [4.78, 5) is 10.7. The average Bonchev–Trinajstić information content (AvgIpc) is 2.11. The molecule has 0 aromatic heterocycles. The van der Waals surface area contributed by atoms with E-state index in [1.54, 1.807) is 0 Å². The maximum Gasteiger partial charge on any atom is 0.304 e. The van der Waals surface area contributed by atoms with Crippen molar-refractivity contribution in [1.29, 1.82) is 0 Å². The van der Waals surface area contributed by atoms with E-state index in [-0.39, 0.29) is 12.5 Å². The van der Waals surface area contributed by atoms with Gasteiger partial charge < -0.3 is 10.8 Å². The number of hydrogen-bond donors (Lipinski definition) is 2. The summed E-state index contributed by atoms with van der Waals surface area (Å²) in [7, 11) is 0. The van der Waals surface area contributed by atoms with Crippen molar-refractivity contribution in [1.82, 2.24) is 0 Å². The zero-order chi connectivity index (χ0) is 12.1. The Labute approximate surface area is 98.4 Å². The standard InChI is InChI=1S/C13H25NO2/c1-3-11(12(14)8-13(15)16)9(2)7-10-5-4-6-10/h9-12H,3-8,14H2,1-2H3,(H,15,16). The molecule has 0 aromatic rings. The lowest BCUT2D eigenvalue weighted by molar-refractivity contribution is -0.137. The van der Waals surface area contributed by atoms with E-state index in [1.165, 1.54) is 25.7 Å². The van der Waals surface area contributed by atoms with Crippen LogP contribution in [0.4, 0.5) is 0 Å². The van der Waals surface area contributed by atoms with Gasteiger partial charge in [0, 0.05) is 6.04 Å². The van der Waals surface area contributed by atoms with Crippen LogP contribution in [0.1, 0.15) is 52.4 Å². The van der Waals surface area contributed by atoms with Crippen LogP contribution in [0.2, 0.25) is 0 Å². The fourth-order valence-corrected chi connectivity index (χ4v) is 2.91. The minimum Gasteiger partial charge on any atom is -0.481 e. The number of carboxylic acids is 1. The van der Waals surface area contributed by atoms with Crippen LogP contribution in [-0.2, 0) is 4.79 Å². The normalized spacial score (nSPS) is 22.2. The minimum absolute atomic E-state index is 0.105. The van der Waals surface area contributed by atoms with E-state index >= 15 is 0 Å². The summed E-state index contributed by atoms with van der Waals surface area (Å²) in [6.07, 6.45) is 6.40. The van der Waals surface area contributed by atoms with Crippen LogP contribution in [0.3, 0.4) is 0 Å². The second-order valence-corrected chi connectivity index (χ2v) is 5.34. The minimum atomic E-state index is -0.776. The van der Waals surface area contributed by atoms with Gasteiger partial charge in [0.15, 0.2) is 0 Å². The summed E-state index contributed by atoms with van der Waals surface area (Å²) in [5, 5.41) is 8.77. The lowest BCUT2D eigenvalue weighted by Gasteiger charge is -2.34. The summed E-state index contributed by atoms with van der Waals surface area (Å²) in [6.45, 7) is 4.35. The van der Waals surface area contributed by atoms with E-state index in [0.29, 0.717) is 11.8 Å².